The number of ether oxygens (including phenoxy) is 3. The highest BCUT2D eigenvalue weighted by atomic mass is 31.1. The smallest absolute Gasteiger partial charge is 0.130 e. The van der Waals surface area contributed by atoms with Gasteiger partial charge in [-0.25, -0.2) is 0 Å². The van der Waals surface area contributed by atoms with Gasteiger partial charge < -0.3 is 14.2 Å². The van der Waals surface area contributed by atoms with Crippen LogP contribution >= 0.6 is 7.92 Å². The highest BCUT2D eigenvalue weighted by molar-refractivity contribution is 7.68. The Kier molecular flexibility index (Phi) is 9.01. The molecule has 3 nitrogen and oxygen atoms in total. The fourth-order valence-corrected chi connectivity index (χ4v) is 9.30. The Morgan fingerprint density at radius 3 is 1.87 bits per heavy atom. The third-order valence-electron chi connectivity index (χ3n) is 7.42. The van der Waals surface area contributed by atoms with Gasteiger partial charge in [-0.2, -0.15) is 0 Å². The summed E-state index contributed by atoms with van der Waals surface area (Å²) in [4.78, 5) is 0. The van der Waals surface area contributed by atoms with Crippen LogP contribution in [0.4, 0.5) is 0 Å². The zero-order chi connectivity index (χ0) is 28.5. The van der Waals surface area contributed by atoms with Crippen LogP contribution in [-0.2, 0) is 19.3 Å². The van der Waals surface area contributed by atoms with Crippen molar-refractivity contribution in [1.29, 1.82) is 0 Å². The van der Waals surface area contributed by atoms with Gasteiger partial charge in [0.2, 0.25) is 0 Å². The van der Waals surface area contributed by atoms with Crippen molar-refractivity contribution < 1.29 is 14.2 Å². The summed E-state index contributed by atoms with van der Waals surface area (Å²) in [5, 5.41) is 1.38. The molecule has 39 heavy (non-hydrogen) atoms. The fraction of sp³-hybridized carbons (Fsp3) is 0.486. The first-order chi connectivity index (χ1) is 18.4. The summed E-state index contributed by atoms with van der Waals surface area (Å²) in [5.74, 6) is 3.98. The van der Waals surface area contributed by atoms with E-state index in [1.54, 1.807) is 14.2 Å². The lowest BCUT2D eigenvalue weighted by Crippen LogP contribution is -2.27. The van der Waals surface area contributed by atoms with Crippen molar-refractivity contribution in [2.75, 3.05) is 14.2 Å². The van der Waals surface area contributed by atoms with E-state index < -0.39 is 7.92 Å². The summed E-state index contributed by atoms with van der Waals surface area (Å²) < 4.78 is 18.7. The average molecular weight is 547 g/mol. The topological polar surface area (TPSA) is 27.7 Å². The van der Waals surface area contributed by atoms with Crippen LogP contribution in [0.15, 0.2) is 48.5 Å². The monoisotopic (exact) mass is 546 g/mol. The molecule has 0 radical (unpaired) electrons. The van der Waals surface area contributed by atoms with Gasteiger partial charge in [0, 0.05) is 17.3 Å². The minimum Gasteiger partial charge on any atom is -0.496 e. The van der Waals surface area contributed by atoms with Crippen LogP contribution < -0.4 is 19.5 Å². The molecule has 4 heteroatoms. The van der Waals surface area contributed by atoms with E-state index in [2.05, 4.69) is 85.7 Å². The van der Waals surface area contributed by atoms with Crippen LogP contribution in [0.25, 0.3) is 11.1 Å². The van der Waals surface area contributed by atoms with E-state index in [1.165, 1.54) is 33.1 Å². The molecule has 1 aliphatic rings. The summed E-state index contributed by atoms with van der Waals surface area (Å²) in [6, 6.07) is 17.4. The number of aryl methyl sites for hydroxylation is 1. The molecule has 4 rings (SSSR count). The van der Waals surface area contributed by atoms with Gasteiger partial charge in [-0.3, -0.25) is 0 Å². The Balaban J connectivity index is 1.87. The summed E-state index contributed by atoms with van der Waals surface area (Å²) in [6.45, 7) is 18.7. The summed E-state index contributed by atoms with van der Waals surface area (Å²) in [5.41, 5.74) is 8.04. The van der Waals surface area contributed by atoms with Crippen molar-refractivity contribution in [3.63, 3.8) is 0 Å². The van der Waals surface area contributed by atoms with Crippen LogP contribution in [0.1, 0.15) is 70.7 Å². The minimum atomic E-state index is -0.675. The van der Waals surface area contributed by atoms with Crippen LogP contribution in [0.3, 0.4) is 0 Å². The molecule has 0 fully saturated rings. The molecule has 0 unspecified atom stereocenters. The van der Waals surface area contributed by atoms with Gasteiger partial charge in [0.25, 0.3) is 0 Å². The van der Waals surface area contributed by atoms with E-state index in [4.69, 9.17) is 14.2 Å². The van der Waals surface area contributed by atoms with Gasteiger partial charge in [0.15, 0.2) is 0 Å². The lowest BCUT2D eigenvalue weighted by Gasteiger charge is -2.34. The number of fused-ring (bicyclic) bond motifs is 1. The molecule has 0 N–H and O–H groups in total. The van der Waals surface area contributed by atoms with Crippen molar-refractivity contribution in [3.05, 3.63) is 70.8 Å². The SMILES string of the molecule is COc1cccc(OC)c1-c1cccc2c1[P@@](C(C)(C)C)[C@@H](Cc1c(CC(C)C)cc(C)cc1CC(C)C)O2. The maximum absolute atomic E-state index is 6.96. The molecule has 0 amide bonds. The fourth-order valence-electron chi connectivity index (χ4n) is 6.08. The van der Waals surface area contributed by atoms with E-state index in [-0.39, 0.29) is 11.0 Å². The predicted molar refractivity (Wildman–Crippen MR) is 168 cm³/mol. The van der Waals surface area contributed by atoms with Gasteiger partial charge in [0.1, 0.15) is 23.1 Å². The average Bonchev–Trinajstić information content (AvgIpc) is 3.23. The number of methoxy groups -OCH3 is 2. The highest BCUT2D eigenvalue weighted by Crippen LogP contribution is 2.61. The van der Waals surface area contributed by atoms with Gasteiger partial charge >= 0.3 is 0 Å². The molecule has 1 heterocycles. The Morgan fingerprint density at radius 1 is 0.846 bits per heavy atom. The van der Waals surface area contributed by atoms with Gasteiger partial charge in [-0.05, 0) is 79.6 Å². The zero-order valence-electron chi connectivity index (χ0n) is 25.6. The molecule has 0 aliphatic carbocycles. The second kappa shape index (κ2) is 11.9. The molecule has 0 saturated carbocycles. The van der Waals surface area contributed by atoms with Crippen molar-refractivity contribution in [1.82, 2.24) is 0 Å². The Bertz CT molecular complexity index is 1250. The molecule has 0 bridgehead atoms. The Morgan fingerprint density at radius 2 is 1.38 bits per heavy atom. The number of rotatable bonds is 9. The lowest BCUT2D eigenvalue weighted by molar-refractivity contribution is 0.292. The molecule has 0 saturated heterocycles. The van der Waals surface area contributed by atoms with E-state index in [0.29, 0.717) is 11.8 Å². The third-order valence-corrected chi connectivity index (χ3v) is 10.7. The zero-order valence-corrected chi connectivity index (χ0v) is 26.5. The molecule has 1 aliphatic heterocycles. The molecular formula is C35H47O3P. The molecule has 0 aromatic heterocycles. The number of benzene rings is 3. The molecule has 210 valence electrons. The first-order valence-corrected chi connectivity index (χ1v) is 15.8. The maximum atomic E-state index is 6.96. The second-order valence-electron chi connectivity index (χ2n) is 12.8. The molecule has 3 aromatic rings. The van der Waals surface area contributed by atoms with E-state index >= 15 is 0 Å². The van der Waals surface area contributed by atoms with Crippen molar-refractivity contribution in [2.45, 2.75) is 85.7 Å². The van der Waals surface area contributed by atoms with Crippen molar-refractivity contribution in [2.24, 2.45) is 11.8 Å². The summed E-state index contributed by atoms with van der Waals surface area (Å²) >= 11 is 0. The number of hydrogen-bond acceptors (Lipinski definition) is 3. The van der Waals surface area contributed by atoms with Gasteiger partial charge in [-0.15, -0.1) is 0 Å². The van der Waals surface area contributed by atoms with E-state index in [1.807, 2.05) is 18.2 Å². The predicted octanol–water partition coefficient (Wildman–Crippen LogP) is 8.94. The van der Waals surface area contributed by atoms with Gasteiger partial charge in [0.05, 0.1) is 19.8 Å². The van der Waals surface area contributed by atoms with Crippen molar-refractivity contribution >= 4 is 13.2 Å². The summed E-state index contributed by atoms with van der Waals surface area (Å²) in [7, 11) is 2.79. The van der Waals surface area contributed by atoms with E-state index in [9.17, 15) is 0 Å². The molecular weight excluding hydrogens is 499 g/mol. The minimum absolute atomic E-state index is 0.0533. The second-order valence-corrected chi connectivity index (χ2v) is 15.9. The Labute approximate surface area is 238 Å². The summed E-state index contributed by atoms with van der Waals surface area (Å²) in [6.07, 6.45) is 3.13. The molecule has 2 atom stereocenters. The first kappa shape index (κ1) is 29.5. The normalized spacial score (nSPS) is 16.9. The Hall–Kier alpha value is -2.51. The van der Waals surface area contributed by atoms with Crippen LogP contribution in [0.2, 0.25) is 0 Å². The molecule has 0 spiro atoms. The number of hydrogen-bond donors (Lipinski definition) is 0. The van der Waals surface area contributed by atoms with Crippen LogP contribution in [-0.4, -0.2) is 25.2 Å². The lowest BCUT2D eigenvalue weighted by atomic mass is 9.87. The first-order valence-electron chi connectivity index (χ1n) is 14.4. The largest absolute Gasteiger partial charge is 0.496 e. The van der Waals surface area contributed by atoms with Crippen LogP contribution in [0, 0.1) is 18.8 Å². The standard InChI is InChI=1S/C35H47O3P/c1-22(2)17-25-19-24(5)20-26(18-23(3)4)28(25)21-32-38-31-16-11-13-27(34(31)39(32)35(6,7)8)33-29(36-9)14-12-15-30(33)37-10/h11-16,19-20,22-23,32H,17-18,21H2,1-10H3/t32-,39-/m0/s1. The highest BCUT2D eigenvalue weighted by Gasteiger charge is 2.44. The van der Waals surface area contributed by atoms with Crippen LogP contribution in [0.5, 0.6) is 17.2 Å². The third kappa shape index (κ3) is 6.30. The molecule has 3 aromatic carbocycles. The quantitative estimate of drug-likeness (QED) is 0.251. The van der Waals surface area contributed by atoms with Gasteiger partial charge in [-0.1, -0.05) is 84.4 Å². The maximum Gasteiger partial charge on any atom is 0.130 e. The van der Waals surface area contributed by atoms with E-state index in [0.717, 1.165) is 42.1 Å². The van der Waals surface area contributed by atoms with Crippen molar-refractivity contribution in [3.8, 4) is 28.4 Å².